The van der Waals surface area contributed by atoms with Crippen molar-refractivity contribution in [3.63, 3.8) is 0 Å². The fourth-order valence-electron chi connectivity index (χ4n) is 2.36. The second kappa shape index (κ2) is 4.49. The number of aromatic nitrogens is 4. The summed E-state index contributed by atoms with van der Waals surface area (Å²) in [5, 5.41) is 5.11. The van der Waals surface area contributed by atoms with Crippen LogP contribution in [0.25, 0.3) is 16.4 Å². The van der Waals surface area contributed by atoms with Gasteiger partial charge in [-0.2, -0.15) is 5.10 Å². The summed E-state index contributed by atoms with van der Waals surface area (Å²) in [5.41, 5.74) is 2.64. The van der Waals surface area contributed by atoms with Crippen LogP contribution in [-0.4, -0.2) is 25.4 Å². The molecule has 0 atom stereocenters. The average molecular weight is 274 g/mol. The highest BCUT2D eigenvalue weighted by molar-refractivity contribution is 6.13. The Balaban J connectivity index is 1.86. The minimum absolute atomic E-state index is 0.101. The van der Waals surface area contributed by atoms with E-state index in [4.69, 9.17) is 0 Å². The average Bonchev–Trinajstić information content (AvgIpc) is 2.98. The quantitative estimate of drug-likeness (QED) is 0.527. The van der Waals surface area contributed by atoms with E-state index in [0.29, 0.717) is 16.6 Å². The maximum absolute atomic E-state index is 12.6. The molecule has 5 nitrogen and oxygen atoms in total. The third kappa shape index (κ3) is 1.87. The van der Waals surface area contributed by atoms with Crippen LogP contribution in [-0.2, 0) is 0 Å². The van der Waals surface area contributed by atoms with Crippen LogP contribution in [0.5, 0.6) is 0 Å². The molecule has 0 spiro atoms. The maximum atomic E-state index is 12.6. The lowest BCUT2D eigenvalue weighted by Crippen LogP contribution is -2.02. The summed E-state index contributed by atoms with van der Waals surface area (Å²) in [4.78, 5) is 21.0. The van der Waals surface area contributed by atoms with E-state index in [0.717, 1.165) is 10.9 Å². The summed E-state index contributed by atoms with van der Waals surface area (Å²) in [6.07, 6.45) is 8.14. The predicted octanol–water partition coefficient (Wildman–Crippen LogP) is 2.51. The van der Waals surface area contributed by atoms with E-state index in [1.807, 2.05) is 30.3 Å². The Morgan fingerprint density at radius 1 is 1.10 bits per heavy atom. The number of carbonyl (C=O) groups excluding carboxylic acids is 1. The smallest absolute Gasteiger partial charge is 0.198 e. The summed E-state index contributed by atoms with van der Waals surface area (Å²) in [6, 6.07) is 9.56. The SMILES string of the molecule is O=C(c1cnc2ccccc2c1)c1cnn2ccncc12. The van der Waals surface area contributed by atoms with Crippen LogP contribution in [0, 0.1) is 0 Å². The van der Waals surface area contributed by atoms with Crippen molar-refractivity contribution >= 4 is 22.2 Å². The molecule has 4 rings (SSSR count). The number of rotatable bonds is 2. The zero-order valence-corrected chi connectivity index (χ0v) is 11.0. The van der Waals surface area contributed by atoms with Crippen molar-refractivity contribution in [3.8, 4) is 0 Å². The van der Waals surface area contributed by atoms with E-state index in [1.165, 1.54) is 0 Å². The number of hydrogen-bond donors (Lipinski definition) is 0. The molecule has 0 aliphatic heterocycles. The van der Waals surface area contributed by atoms with Gasteiger partial charge in [-0.1, -0.05) is 18.2 Å². The number of fused-ring (bicyclic) bond motifs is 2. The molecule has 0 radical (unpaired) electrons. The van der Waals surface area contributed by atoms with Crippen molar-refractivity contribution in [2.75, 3.05) is 0 Å². The number of pyridine rings is 1. The number of hydrogen-bond acceptors (Lipinski definition) is 4. The van der Waals surface area contributed by atoms with Gasteiger partial charge in [-0.25, -0.2) is 4.52 Å². The second-order valence-electron chi connectivity index (χ2n) is 4.71. The maximum Gasteiger partial charge on any atom is 0.198 e. The van der Waals surface area contributed by atoms with E-state index in [-0.39, 0.29) is 5.78 Å². The summed E-state index contributed by atoms with van der Waals surface area (Å²) in [6.45, 7) is 0. The fourth-order valence-corrected chi connectivity index (χ4v) is 2.36. The lowest BCUT2D eigenvalue weighted by Gasteiger charge is -2.01. The Morgan fingerprint density at radius 3 is 2.95 bits per heavy atom. The first-order valence-corrected chi connectivity index (χ1v) is 6.50. The zero-order chi connectivity index (χ0) is 14.2. The Labute approximate surface area is 119 Å². The molecular formula is C16H10N4O. The largest absolute Gasteiger partial charge is 0.288 e. The molecule has 0 amide bonds. The number of nitrogens with zero attached hydrogens (tertiary/aromatic N) is 4. The van der Waals surface area contributed by atoms with Crippen molar-refractivity contribution in [2.45, 2.75) is 0 Å². The molecule has 3 aromatic heterocycles. The third-order valence-electron chi connectivity index (χ3n) is 3.42. The van der Waals surface area contributed by atoms with Crippen molar-refractivity contribution in [1.82, 2.24) is 19.6 Å². The van der Waals surface area contributed by atoms with Crippen LogP contribution in [0.2, 0.25) is 0 Å². The Kier molecular flexibility index (Phi) is 2.50. The molecule has 0 N–H and O–H groups in total. The molecule has 100 valence electrons. The molecule has 0 aliphatic carbocycles. The van der Waals surface area contributed by atoms with Gasteiger partial charge in [0.15, 0.2) is 5.78 Å². The van der Waals surface area contributed by atoms with Crippen LogP contribution in [0.15, 0.2) is 61.3 Å². The molecule has 5 heteroatoms. The van der Waals surface area contributed by atoms with E-state index in [9.17, 15) is 4.79 Å². The van der Waals surface area contributed by atoms with Gasteiger partial charge in [0.05, 0.1) is 29.0 Å². The molecule has 0 bridgehead atoms. The molecule has 4 aromatic rings. The molecule has 0 saturated carbocycles. The second-order valence-corrected chi connectivity index (χ2v) is 4.71. The van der Waals surface area contributed by atoms with Crippen molar-refractivity contribution in [3.05, 3.63) is 72.4 Å². The van der Waals surface area contributed by atoms with Crippen LogP contribution in [0.3, 0.4) is 0 Å². The number of para-hydroxylation sites is 1. The van der Waals surface area contributed by atoms with Gasteiger partial charge in [0, 0.05) is 29.5 Å². The van der Waals surface area contributed by atoms with Crippen molar-refractivity contribution < 1.29 is 4.79 Å². The van der Waals surface area contributed by atoms with Gasteiger partial charge >= 0.3 is 0 Å². The normalized spacial score (nSPS) is 11.0. The topological polar surface area (TPSA) is 60.2 Å². The molecule has 0 unspecified atom stereocenters. The zero-order valence-electron chi connectivity index (χ0n) is 11.0. The first-order valence-electron chi connectivity index (χ1n) is 6.50. The summed E-state index contributed by atoms with van der Waals surface area (Å²) >= 11 is 0. The minimum Gasteiger partial charge on any atom is -0.288 e. The van der Waals surface area contributed by atoms with Gasteiger partial charge in [0.25, 0.3) is 0 Å². The van der Waals surface area contributed by atoms with Crippen LogP contribution < -0.4 is 0 Å². The third-order valence-corrected chi connectivity index (χ3v) is 3.42. The van der Waals surface area contributed by atoms with Gasteiger partial charge in [0.2, 0.25) is 0 Å². The fraction of sp³-hybridized carbons (Fsp3) is 0. The molecule has 3 heterocycles. The van der Waals surface area contributed by atoms with E-state index in [2.05, 4.69) is 15.1 Å². The molecule has 0 saturated heterocycles. The predicted molar refractivity (Wildman–Crippen MR) is 78.2 cm³/mol. The van der Waals surface area contributed by atoms with Crippen LogP contribution in [0.4, 0.5) is 0 Å². The molecule has 0 aliphatic rings. The monoisotopic (exact) mass is 274 g/mol. The highest BCUT2D eigenvalue weighted by atomic mass is 16.1. The highest BCUT2D eigenvalue weighted by Crippen LogP contribution is 2.18. The number of carbonyl (C=O) groups is 1. The standard InChI is InChI=1S/C16H10N4O/c21-16(13-9-19-20-6-5-17-10-15(13)20)12-7-11-3-1-2-4-14(11)18-8-12/h1-10H. The van der Waals surface area contributed by atoms with Gasteiger partial charge in [-0.05, 0) is 12.1 Å². The molecular weight excluding hydrogens is 264 g/mol. The Bertz CT molecular complexity index is 974. The summed E-state index contributed by atoms with van der Waals surface area (Å²) < 4.78 is 1.63. The lowest BCUT2D eigenvalue weighted by molar-refractivity contribution is 0.104. The van der Waals surface area contributed by atoms with Gasteiger partial charge in [0.1, 0.15) is 0 Å². The first-order chi connectivity index (χ1) is 10.3. The van der Waals surface area contributed by atoms with E-state index >= 15 is 0 Å². The summed E-state index contributed by atoms with van der Waals surface area (Å²) in [5.74, 6) is -0.101. The minimum atomic E-state index is -0.101. The highest BCUT2D eigenvalue weighted by Gasteiger charge is 2.15. The van der Waals surface area contributed by atoms with Crippen molar-refractivity contribution in [1.29, 1.82) is 0 Å². The van der Waals surface area contributed by atoms with Crippen LogP contribution in [0.1, 0.15) is 15.9 Å². The number of ketones is 1. The Hall–Kier alpha value is -3.08. The molecule has 21 heavy (non-hydrogen) atoms. The van der Waals surface area contributed by atoms with E-state index in [1.54, 1.807) is 35.5 Å². The molecule has 0 fully saturated rings. The van der Waals surface area contributed by atoms with Crippen molar-refractivity contribution in [2.24, 2.45) is 0 Å². The van der Waals surface area contributed by atoms with Gasteiger partial charge in [-0.3, -0.25) is 14.8 Å². The first kappa shape index (κ1) is 11.7. The van der Waals surface area contributed by atoms with Crippen LogP contribution >= 0.6 is 0 Å². The van der Waals surface area contributed by atoms with Gasteiger partial charge in [-0.15, -0.1) is 0 Å². The summed E-state index contributed by atoms with van der Waals surface area (Å²) in [7, 11) is 0. The lowest BCUT2D eigenvalue weighted by atomic mass is 10.0. The van der Waals surface area contributed by atoms with Gasteiger partial charge < -0.3 is 0 Å². The number of benzene rings is 1. The Morgan fingerprint density at radius 2 is 2.00 bits per heavy atom. The molecule has 1 aromatic carbocycles. The van der Waals surface area contributed by atoms with E-state index < -0.39 is 0 Å².